The van der Waals surface area contributed by atoms with Gasteiger partial charge in [0.05, 0.1) is 12.2 Å². The van der Waals surface area contributed by atoms with Crippen molar-refractivity contribution in [2.24, 2.45) is 34.0 Å². The highest BCUT2D eigenvalue weighted by molar-refractivity contribution is 5.26. The van der Waals surface area contributed by atoms with E-state index in [9.17, 15) is 10.2 Å². The third-order valence-electron chi connectivity index (χ3n) is 9.94. The molecule has 2 N–H and O–H groups in total. The maximum atomic E-state index is 10.7. The van der Waals surface area contributed by atoms with Crippen LogP contribution in [-0.4, -0.2) is 22.4 Å². The fourth-order valence-electron chi connectivity index (χ4n) is 8.37. The SMILES string of the molecule is CC[C@]1([C@H](C)O)CCC2C3CC=C4CC(O)CCC4(C)C3CC[C@@]21C. The second-order valence-corrected chi connectivity index (χ2v) is 10.3. The van der Waals surface area contributed by atoms with Gasteiger partial charge in [0.1, 0.15) is 0 Å². The molecule has 8 atom stereocenters. The molecule has 25 heavy (non-hydrogen) atoms. The van der Waals surface area contributed by atoms with E-state index in [1.807, 2.05) is 6.92 Å². The van der Waals surface area contributed by atoms with Gasteiger partial charge in [0, 0.05) is 5.41 Å². The van der Waals surface area contributed by atoms with Crippen molar-refractivity contribution in [2.45, 2.75) is 97.7 Å². The number of aliphatic hydroxyl groups excluding tert-OH is 2. The zero-order valence-corrected chi connectivity index (χ0v) is 16.7. The molecule has 142 valence electrons. The molecule has 3 saturated carbocycles. The van der Waals surface area contributed by atoms with E-state index < -0.39 is 0 Å². The predicted molar refractivity (Wildman–Crippen MR) is 102 cm³/mol. The summed E-state index contributed by atoms with van der Waals surface area (Å²) in [6.45, 7) is 9.37. The Balaban J connectivity index is 1.69. The van der Waals surface area contributed by atoms with E-state index in [0.717, 1.165) is 37.0 Å². The summed E-state index contributed by atoms with van der Waals surface area (Å²) in [6.07, 6.45) is 12.7. The van der Waals surface area contributed by atoms with Gasteiger partial charge in [-0.1, -0.05) is 32.4 Å². The Morgan fingerprint density at radius 1 is 1.12 bits per heavy atom. The van der Waals surface area contributed by atoms with Gasteiger partial charge in [-0.2, -0.15) is 0 Å². The van der Waals surface area contributed by atoms with Gasteiger partial charge >= 0.3 is 0 Å². The monoisotopic (exact) mass is 346 g/mol. The first-order valence-corrected chi connectivity index (χ1v) is 10.8. The van der Waals surface area contributed by atoms with Gasteiger partial charge in [0.15, 0.2) is 0 Å². The summed E-state index contributed by atoms with van der Waals surface area (Å²) in [5.41, 5.74) is 2.31. The number of rotatable bonds is 2. The predicted octanol–water partition coefficient (Wildman–Crippen LogP) is 5.09. The Hall–Kier alpha value is -0.340. The van der Waals surface area contributed by atoms with E-state index in [1.165, 1.54) is 38.5 Å². The van der Waals surface area contributed by atoms with Crippen LogP contribution in [0.2, 0.25) is 0 Å². The van der Waals surface area contributed by atoms with Crippen molar-refractivity contribution in [3.63, 3.8) is 0 Å². The highest BCUT2D eigenvalue weighted by Crippen LogP contribution is 2.71. The summed E-state index contributed by atoms with van der Waals surface area (Å²) in [4.78, 5) is 0. The molecule has 0 aromatic rings. The van der Waals surface area contributed by atoms with Gasteiger partial charge < -0.3 is 10.2 Å². The fourth-order valence-corrected chi connectivity index (χ4v) is 8.37. The van der Waals surface area contributed by atoms with E-state index in [1.54, 1.807) is 5.57 Å². The molecule has 0 spiro atoms. The standard InChI is InChI=1S/C23H38O2/c1-5-23(15(2)24)13-10-20-18-7-6-16-14-17(25)8-11-21(16,3)19(18)9-12-22(20,23)4/h6,15,17-20,24-25H,5,7-14H2,1-4H3/t15-,17?,18?,19?,20?,21?,22-,23+/m0/s1. The quantitative estimate of drug-likeness (QED) is 0.684. The van der Waals surface area contributed by atoms with Crippen molar-refractivity contribution < 1.29 is 10.2 Å². The lowest BCUT2D eigenvalue weighted by molar-refractivity contribution is -0.117. The van der Waals surface area contributed by atoms with Crippen LogP contribution in [0.3, 0.4) is 0 Å². The maximum absolute atomic E-state index is 10.7. The number of aliphatic hydroxyl groups is 2. The van der Waals surface area contributed by atoms with Crippen molar-refractivity contribution in [3.8, 4) is 0 Å². The van der Waals surface area contributed by atoms with Gasteiger partial charge in [-0.05, 0) is 93.3 Å². The van der Waals surface area contributed by atoms with E-state index in [2.05, 4.69) is 26.8 Å². The highest BCUT2D eigenvalue weighted by atomic mass is 16.3. The summed E-state index contributed by atoms with van der Waals surface area (Å²) in [5.74, 6) is 2.34. The Bertz CT molecular complexity index is 566. The average Bonchev–Trinajstić information content (AvgIpc) is 2.89. The molecule has 0 aliphatic heterocycles. The molecule has 0 radical (unpaired) electrons. The lowest BCUT2D eigenvalue weighted by Gasteiger charge is -2.60. The second kappa shape index (κ2) is 5.83. The topological polar surface area (TPSA) is 40.5 Å². The molecule has 2 heteroatoms. The van der Waals surface area contributed by atoms with Crippen molar-refractivity contribution in [1.29, 1.82) is 0 Å². The highest BCUT2D eigenvalue weighted by Gasteiger charge is 2.64. The van der Waals surface area contributed by atoms with Gasteiger partial charge in [-0.3, -0.25) is 0 Å². The molecule has 3 fully saturated rings. The van der Waals surface area contributed by atoms with Crippen LogP contribution < -0.4 is 0 Å². The Morgan fingerprint density at radius 3 is 2.52 bits per heavy atom. The lowest BCUT2D eigenvalue weighted by Crippen LogP contribution is -2.54. The Morgan fingerprint density at radius 2 is 1.84 bits per heavy atom. The molecule has 0 heterocycles. The molecular formula is C23H38O2. The van der Waals surface area contributed by atoms with Gasteiger partial charge in [0.25, 0.3) is 0 Å². The molecule has 0 aromatic carbocycles. The van der Waals surface area contributed by atoms with Crippen LogP contribution in [0.4, 0.5) is 0 Å². The molecule has 0 saturated heterocycles. The zero-order chi connectivity index (χ0) is 18.0. The Labute approximate surface area is 154 Å². The fraction of sp³-hybridized carbons (Fsp3) is 0.913. The van der Waals surface area contributed by atoms with E-state index in [0.29, 0.717) is 10.8 Å². The van der Waals surface area contributed by atoms with E-state index in [-0.39, 0.29) is 17.6 Å². The minimum Gasteiger partial charge on any atom is -0.393 e. The molecule has 0 bridgehead atoms. The van der Waals surface area contributed by atoms with Crippen LogP contribution >= 0.6 is 0 Å². The van der Waals surface area contributed by atoms with Crippen LogP contribution in [-0.2, 0) is 0 Å². The number of hydrogen-bond acceptors (Lipinski definition) is 2. The molecule has 4 aliphatic carbocycles. The average molecular weight is 347 g/mol. The maximum Gasteiger partial charge on any atom is 0.0577 e. The third-order valence-corrected chi connectivity index (χ3v) is 9.94. The molecule has 4 rings (SSSR count). The van der Waals surface area contributed by atoms with E-state index >= 15 is 0 Å². The normalized spacial score (nSPS) is 53.4. The van der Waals surface area contributed by atoms with Crippen molar-refractivity contribution >= 4 is 0 Å². The first kappa shape index (κ1) is 18.0. The first-order chi connectivity index (χ1) is 11.8. The first-order valence-electron chi connectivity index (χ1n) is 10.8. The summed E-state index contributed by atoms with van der Waals surface area (Å²) in [6, 6.07) is 0. The lowest BCUT2D eigenvalue weighted by atomic mass is 9.45. The second-order valence-electron chi connectivity index (χ2n) is 10.3. The zero-order valence-electron chi connectivity index (χ0n) is 16.7. The minimum atomic E-state index is -0.195. The Kier molecular flexibility index (Phi) is 4.21. The molecular weight excluding hydrogens is 308 g/mol. The van der Waals surface area contributed by atoms with Crippen molar-refractivity contribution in [3.05, 3.63) is 11.6 Å². The van der Waals surface area contributed by atoms with Crippen LogP contribution in [0.5, 0.6) is 0 Å². The summed E-state index contributed by atoms with van der Waals surface area (Å²) < 4.78 is 0. The number of allylic oxidation sites excluding steroid dienone is 1. The summed E-state index contributed by atoms with van der Waals surface area (Å²) in [5, 5.41) is 20.9. The molecule has 0 amide bonds. The van der Waals surface area contributed by atoms with Crippen molar-refractivity contribution in [2.75, 3.05) is 0 Å². The van der Waals surface area contributed by atoms with Gasteiger partial charge in [-0.15, -0.1) is 0 Å². The largest absolute Gasteiger partial charge is 0.393 e. The molecule has 0 aromatic heterocycles. The molecule has 2 nitrogen and oxygen atoms in total. The summed E-state index contributed by atoms with van der Waals surface area (Å²) in [7, 11) is 0. The minimum absolute atomic E-state index is 0.112. The third kappa shape index (κ3) is 2.22. The number of hydrogen-bond donors (Lipinski definition) is 2. The summed E-state index contributed by atoms with van der Waals surface area (Å²) >= 11 is 0. The van der Waals surface area contributed by atoms with Crippen LogP contribution in [0.25, 0.3) is 0 Å². The molecule has 5 unspecified atom stereocenters. The number of fused-ring (bicyclic) bond motifs is 5. The van der Waals surface area contributed by atoms with Crippen molar-refractivity contribution in [1.82, 2.24) is 0 Å². The smallest absolute Gasteiger partial charge is 0.0577 e. The molecule has 4 aliphatic rings. The van der Waals surface area contributed by atoms with Gasteiger partial charge in [0.2, 0.25) is 0 Å². The van der Waals surface area contributed by atoms with E-state index in [4.69, 9.17) is 0 Å². The van der Waals surface area contributed by atoms with Crippen LogP contribution in [0.15, 0.2) is 11.6 Å². The van der Waals surface area contributed by atoms with Gasteiger partial charge in [-0.25, -0.2) is 0 Å². The van der Waals surface area contributed by atoms with Crippen LogP contribution in [0, 0.1) is 34.0 Å². The van der Waals surface area contributed by atoms with Crippen LogP contribution in [0.1, 0.15) is 85.5 Å².